The first kappa shape index (κ1) is 10.5. The zero-order valence-electron chi connectivity index (χ0n) is 9.69. The maximum Gasteiger partial charge on any atom is 0.235 e. The number of rotatable bonds is 2. The highest BCUT2D eigenvalue weighted by Gasteiger charge is 2.55. The molecule has 88 valence electrons. The fourth-order valence-corrected chi connectivity index (χ4v) is 2.53. The molecule has 0 unspecified atom stereocenters. The summed E-state index contributed by atoms with van der Waals surface area (Å²) in [6, 6.07) is 9.71. The fourth-order valence-electron chi connectivity index (χ4n) is 2.53. The monoisotopic (exact) mass is 229 g/mol. The highest BCUT2D eigenvalue weighted by atomic mass is 16.2. The molecule has 1 aliphatic heterocycles. The minimum atomic E-state index is -0.164. The van der Waals surface area contributed by atoms with Crippen molar-refractivity contribution in [2.24, 2.45) is 5.41 Å². The van der Waals surface area contributed by atoms with E-state index >= 15 is 0 Å². The van der Waals surface area contributed by atoms with E-state index in [0.29, 0.717) is 13.0 Å². The molecule has 1 saturated heterocycles. The van der Waals surface area contributed by atoms with E-state index in [1.54, 1.807) is 0 Å². The molecule has 1 spiro atoms. The number of imide groups is 1. The number of hydrogen-bond donors (Lipinski definition) is 0. The summed E-state index contributed by atoms with van der Waals surface area (Å²) in [5, 5.41) is 0. The van der Waals surface area contributed by atoms with Crippen molar-refractivity contribution in [3.63, 3.8) is 0 Å². The normalized spacial score (nSPS) is 22.0. The van der Waals surface area contributed by atoms with Gasteiger partial charge in [0.05, 0.1) is 12.0 Å². The van der Waals surface area contributed by atoms with Crippen LogP contribution in [0.25, 0.3) is 0 Å². The maximum atomic E-state index is 12.2. The van der Waals surface area contributed by atoms with Crippen LogP contribution < -0.4 is 0 Å². The molecular formula is C14H15NO2. The van der Waals surface area contributed by atoms with Crippen molar-refractivity contribution in [2.75, 3.05) is 0 Å². The molecule has 0 N–H and O–H groups in total. The standard InChI is InChI=1S/C14H15NO2/c16-12-6-7-14(8-9-14)13(17)15(12)10-11-4-2-1-3-5-11/h1-5H,6-10H2. The number of likely N-dealkylation sites (tertiary alicyclic amines) is 1. The van der Waals surface area contributed by atoms with Crippen LogP contribution in [0.5, 0.6) is 0 Å². The van der Waals surface area contributed by atoms with Gasteiger partial charge in [0, 0.05) is 6.42 Å². The van der Waals surface area contributed by atoms with E-state index in [1.807, 2.05) is 30.3 Å². The summed E-state index contributed by atoms with van der Waals surface area (Å²) in [7, 11) is 0. The molecule has 1 heterocycles. The van der Waals surface area contributed by atoms with Crippen LogP contribution in [0.2, 0.25) is 0 Å². The van der Waals surface area contributed by atoms with Crippen LogP contribution in [0.3, 0.4) is 0 Å². The Labute approximate surface area is 100 Å². The number of carbonyl (C=O) groups excluding carboxylic acids is 2. The Kier molecular flexibility index (Phi) is 2.28. The molecule has 2 amide bonds. The topological polar surface area (TPSA) is 37.4 Å². The van der Waals surface area contributed by atoms with Crippen molar-refractivity contribution >= 4 is 11.8 Å². The van der Waals surface area contributed by atoms with Gasteiger partial charge in [0.2, 0.25) is 11.8 Å². The summed E-state index contributed by atoms with van der Waals surface area (Å²) >= 11 is 0. The molecule has 0 atom stereocenters. The fraction of sp³-hybridized carbons (Fsp3) is 0.429. The second kappa shape index (κ2) is 3.69. The third-order valence-corrected chi connectivity index (χ3v) is 3.85. The summed E-state index contributed by atoms with van der Waals surface area (Å²) in [5.41, 5.74) is 0.856. The van der Waals surface area contributed by atoms with Crippen molar-refractivity contribution in [3.8, 4) is 0 Å². The largest absolute Gasteiger partial charge is 0.278 e. The van der Waals surface area contributed by atoms with Gasteiger partial charge >= 0.3 is 0 Å². The van der Waals surface area contributed by atoms with Crippen LogP contribution >= 0.6 is 0 Å². The first-order valence-electron chi connectivity index (χ1n) is 6.10. The van der Waals surface area contributed by atoms with Gasteiger partial charge in [-0.15, -0.1) is 0 Å². The lowest BCUT2D eigenvalue weighted by atomic mass is 9.93. The van der Waals surface area contributed by atoms with Crippen LogP contribution in [-0.4, -0.2) is 16.7 Å². The summed E-state index contributed by atoms with van der Waals surface area (Å²) < 4.78 is 0. The molecule has 3 rings (SSSR count). The number of carbonyl (C=O) groups is 2. The van der Waals surface area contributed by atoms with Gasteiger partial charge in [-0.1, -0.05) is 30.3 Å². The first-order chi connectivity index (χ1) is 8.21. The molecular weight excluding hydrogens is 214 g/mol. The van der Waals surface area contributed by atoms with Gasteiger partial charge in [0.15, 0.2) is 0 Å². The molecule has 17 heavy (non-hydrogen) atoms. The molecule has 1 saturated carbocycles. The van der Waals surface area contributed by atoms with E-state index in [-0.39, 0.29) is 17.2 Å². The Hall–Kier alpha value is -1.64. The molecule has 2 fully saturated rings. The van der Waals surface area contributed by atoms with E-state index in [2.05, 4.69) is 0 Å². The van der Waals surface area contributed by atoms with Gasteiger partial charge in [0.1, 0.15) is 0 Å². The van der Waals surface area contributed by atoms with Gasteiger partial charge in [-0.05, 0) is 24.8 Å². The Morgan fingerprint density at radius 2 is 1.76 bits per heavy atom. The lowest BCUT2D eigenvalue weighted by Crippen LogP contribution is -2.45. The molecule has 3 nitrogen and oxygen atoms in total. The Morgan fingerprint density at radius 3 is 2.41 bits per heavy atom. The van der Waals surface area contributed by atoms with E-state index in [1.165, 1.54) is 4.90 Å². The summed E-state index contributed by atoms with van der Waals surface area (Å²) in [5.74, 6) is 0.0361. The zero-order chi connectivity index (χ0) is 11.9. The Morgan fingerprint density at radius 1 is 1.06 bits per heavy atom. The predicted octanol–water partition coefficient (Wildman–Crippen LogP) is 2.12. The second-order valence-electron chi connectivity index (χ2n) is 5.05. The Balaban J connectivity index is 1.81. The predicted molar refractivity (Wildman–Crippen MR) is 62.9 cm³/mol. The first-order valence-corrected chi connectivity index (χ1v) is 6.10. The third kappa shape index (κ3) is 1.75. The smallest absolute Gasteiger partial charge is 0.235 e. The number of benzene rings is 1. The number of nitrogens with zero attached hydrogens (tertiary/aromatic N) is 1. The average molecular weight is 229 g/mol. The van der Waals surface area contributed by atoms with Gasteiger partial charge in [0.25, 0.3) is 0 Å². The van der Waals surface area contributed by atoms with Crippen LogP contribution in [0, 0.1) is 5.41 Å². The van der Waals surface area contributed by atoms with Gasteiger partial charge < -0.3 is 0 Å². The van der Waals surface area contributed by atoms with Gasteiger partial charge in [-0.2, -0.15) is 0 Å². The number of hydrogen-bond acceptors (Lipinski definition) is 2. The molecule has 1 aliphatic carbocycles. The quantitative estimate of drug-likeness (QED) is 0.728. The van der Waals surface area contributed by atoms with Gasteiger partial charge in [-0.3, -0.25) is 14.5 Å². The maximum absolute atomic E-state index is 12.2. The molecule has 0 bridgehead atoms. The molecule has 0 aromatic heterocycles. The van der Waals surface area contributed by atoms with E-state index in [9.17, 15) is 9.59 Å². The second-order valence-corrected chi connectivity index (χ2v) is 5.05. The minimum Gasteiger partial charge on any atom is -0.278 e. The highest BCUT2D eigenvalue weighted by Crippen LogP contribution is 2.53. The summed E-state index contributed by atoms with van der Waals surface area (Å²) in [6.07, 6.45) is 3.21. The van der Waals surface area contributed by atoms with E-state index < -0.39 is 0 Å². The third-order valence-electron chi connectivity index (χ3n) is 3.85. The van der Waals surface area contributed by atoms with Crippen molar-refractivity contribution in [2.45, 2.75) is 32.2 Å². The summed E-state index contributed by atoms with van der Waals surface area (Å²) in [6.45, 7) is 0.431. The van der Waals surface area contributed by atoms with Crippen molar-refractivity contribution in [1.29, 1.82) is 0 Å². The molecule has 3 heteroatoms. The van der Waals surface area contributed by atoms with Crippen LogP contribution in [0.4, 0.5) is 0 Å². The van der Waals surface area contributed by atoms with Crippen molar-refractivity contribution < 1.29 is 9.59 Å². The van der Waals surface area contributed by atoms with Crippen LogP contribution in [0.15, 0.2) is 30.3 Å². The molecule has 0 radical (unpaired) electrons. The van der Waals surface area contributed by atoms with E-state index in [4.69, 9.17) is 0 Å². The number of piperidine rings is 1. The lowest BCUT2D eigenvalue weighted by molar-refractivity contribution is -0.153. The molecule has 2 aliphatic rings. The van der Waals surface area contributed by atoms with Crippen LogP contribution in [0.1, 0.15) is 31.2 Å². The number of amides is 2. The SMILES string of the molecule is O=C1CCC2(CC2)C(=O)N1Cc1ccccc1. The Bertz CT molecular complexity index is 462. The summed E-state index contributed by atoms with van der Waals surface area (Å²) in [4.78, 5) is 25.5. The van der Waals surface area contributed by atoms with Gasteiger partial charge in [-0.25, -0.2) is 0 Å². The van der Waals surface area contributed by atoms with E-state index in [0.717, 1.165) is 24.8 Å². The van der Waals surface area contributed by atoms with Crippen molar-refractivity contribution in [1.82, 2.24) is 4.90 Å². The minimum absolute atomic E-state index is 0.0172. The van der Waals surface area contributed by atoms with Crippen molar-refractivity contribution in [3.05, 3.63) is 35.9 Å². The lowest BCUT2D eigenvalue weighted by Gasteiger charge is -2.30. The molecule has 1 aromatic carbocycles. The highest BCUT2D eigenvalue weighted by molar-refractivity contribution is 6.01. The zero-order valence-corrected chi connectivity index (χ0v) is 9.69. The average Bonchev–Trinajstić information content (AvgIpc) is 3.13. The molecule has 1 aromatic rings. The van der Waals surface area contributed by atoms with Crippen LogP contribution in [-0.2, 0) is 16.1 Å².